The van der Waals surface area contributed by atoms with Crippen LogP contribution in [-0.2, 0) is 6.42 Å². The first kappa shape index (κ1) is 40.8. The number of unbranched alkanes of at least 4 members (excludes halogenated alkanes) is 8. The zero-order chi connectivity index (χ0) is 37.7. The summed E-state index contributed by atoms with van der Waals surface area (Å²) in [5, 5.41) is 8.99. The number of ether oxygens (including phenoxy) is 4. The van der Waals surface area contributed by atoms with Gasteiger partial charge in [-0.25, -0.2) is 9.59 Å². The number of rotatable bonds is 23. The summed E-state index contributed by atoms with van der Waals surface area (Å²) in [6.45, 7) is 9.22. The van der Waals surface area contributed by atoms with Crippen molar-refractivity contribution in [2.75, 3.05) is 6.61 Å². The predicted octanol–water partition coefficient (Wildman–Crippen LogP) is 13.0. The molecule has 0 spiro atoms. The number of hydrogen-bond acceptors (Lipinski definition) is 8. The van der Waals surface area contributed by atoms with Gasteiger partial charge in [0, 0.05) is 6.07 Å². The Kier molecular flexibility index (Phi) is 17.6. The zero-order valence-corrected chi connectivity index (χ0v) is 32.0. The Labute approximate surface area is 315 Å². The highest BCUT2D eigenvalue weighted by Crippen LogP contribution is 2.35. The molecule has 1 atom stereocenters. The standard InChI is InChI=1S/C45H56N2O6/c1-5-9-11-12-13-14-15-16-17-38(8-4)51-43-33-41(30-31-42(43)47-46-37-24-18-34(7-3)19-25-37)53-45(49)36-22-28-40(29-23-36)52-44(48)35-20-26-39(27-21-35)50-32-10-6-2/h18-31,33,38H,5-17,32H2,1-4H3. The summed E-state index contributed by atoms with van der Waals surface area (Å²) in [7, 11) is 0. The minimum Gasteiger partial charge on any atom is -0.494 e. The van der Waals surface area contributed by atoms with Gasteiger partial charge >= 0.3 is 11.9 Å². The number of hydrogen-bond donors (Lipinski definition) is 0. The lowest BCUT2D eigenvalue weighted by molar-refractivity contribution is 0.0729. The molecule has 4 rings (SSSR count). The largest absolute Gasteiger partial charge is 0.494 e. The van der Waals surface area contributed by atoms with E-state index in [1.807, 2.05) is 24.3 Å². The predicted molar refractivity (Wildman–Crippen MR) is 212 cm³/mol. The van der Waals surface area contributed by atoms with E-state index in [0.717, 1.165) is 44.2 Å². The Hall–Kier alpha value is -4.98. The van der Waals surface area contributed by atoms with Crippen molar-refractivity contribution in [2.45, 2.75) is 117 Å². The maximum Gasteiger partial charge on any atom is 0.343 e. The summed E-state index contributed by atoms with van der Waals surface area (Å²) in [6.07, 6.45) is 14.8. The van der Waals surface area contributed by atoms with E-state index in [0.29, 0.717) is 46.4 Å². The summed E-state index contributed by atoms with van der Waals surface area (Å²) >= 11 is 0. The van der Waals surface area contributed by atoms with Crippen LogP contribution in [0.25, 0.3) is 0 Å². The molecule has 0 aromatic heterocycles. The van der Waals surface area contributed by atoms with E-state index in [-0.39, 0.29) is 6.10 Å². The van der Waals surface area contributed by atoms with E-state index in [1.165, 1.54) is 50.5 Å². The van der Waals surface area contributed by atoms with Gasteiger partial charge in [0.05, 0.1) is 29.5 Å². The maximum absolute atomic E-state index is 13.2. The molecule has 0 saturated heterocycles. The van der Waals surface area contributed by atoms with Gasteiger partial charge in [0.2, 0.25) is 0 Å². The molecule has 0 bridgehead atoms. The Morgan fingerprint density at radius 1 is 0.585 bits per heavy atom. The lowest BCUT2D eigenvalue weighted by Gasteiger charge is -2.19. The van der Waals surface area contributed by atoms with Gasteiger partial charge in [0.15, 0.2) is 5.75 Å². The normalized spacial score (nSPS) is 11.7. The number of nitrogens with zero attached hydrogens (tertiary/aromatic N) is 2. The number of carbonyl (C=O) groups is 2. The van der Waals surface area contributed by atoms with Crippen LogP contribution in [0.1, 0.15) is 131 Å². The molecule has 53 heavy (non-hydrogen) atoms. The van der Waals surface area contributed by atoms with Crippen LogP contribution < -0.4 is 18.9 Å². The number of benzene rings is 4. The lowest BCUT2D eigenvalue weighted by atomic mass is 10.0. The van der Waals surface area contributed by atoms with Crippen LogP contribution in [0.5, 0.6) is 23.0 Å². The number of azo groups is 1. The van der Waals surface area contributed by atoms with Crippen LogP contribution in [0.4, 0.5) is 11.4 Å². The number of aryl methyl sites for hydroxylation is 1. The van der Waals surface area contributed by atoms with Gasteiger partial charge in [0.1, 0.15) is 22.9 Å². The van der Waals surface area contributed by atoms with Crippen LogP contribution in [0, 0.1) is 0 Å². The highest BCUT2D eigenvalue weighted by molar-refractivity contribution is 5.92. The summed E-state index contributed by atoms with van der Waals surface area (Å²) < 4.78 is 23.5. The Morgan fingerprint density at radius 2 is 1.15 bits per heavy atom. The third-order valence-electron chi connectivity index (χ3n) is 9.05. The Balaban J connectivity index is 1.40. The number of esters is 2. The molecule has 1 unspecified atom stereocenters. The van der Waals surface area contributed by atoms with Crippen LogP contribution in [0.2, 0.25) is 0 Å². The lowest BCUT2D eigenvalue weighted by Crippen LogP contribution is -2.15. The molecule has 282 valence electrons. The van der Waals surface area contributed by atoms with Crippen molar-refractivity contribution in [3.63, 3.8) is 0 Å². The zero-order valence-electron chi connectivity index (χ0n) is 32.0. The fourth-order valence-corrected chi connectivity index (χ4v) is 5.69. The molecule has 4 aromatic rings. The number of carbonyl (C=O) groups excluding carboxylic acids is 2. The first-order chi connectivity index (χ1) is 25.9. The van der Waals surface area contributed by atoms with Crippen molar-refractivity contribution in [3.8, 4) is 23.0 Å². The SMILES string of the molecule is CCCCCCCCCCC(CC)Oc1cc(OC(=O)c2ccc(OC(=O)c3ccc(OCCCC)cc3)cc2)ccc1N=Nc1ccc(CC)cc1. The van der Waals surface area contributed by atoms with Crippen molar-refractivity contribution >= 4 is 23.3 Å². The summed E-state index contributed by atoms with van der Waals surface area (Å²) in [6, 6.07) is 26.3. The highest BCUT2D eigenvalue weighted by Gasteiger charge is 2.16. The fourth-order valence-electron chi connectivity index (χ4n) is 5.69. The molecule has 8 heteroatoms. The monoisotopic (exact) mass is 720 g/mol. The summed E-state index contributed by atoms with van der Waals surface area (Å²) in [5.74, 6) is 0.804. The molecule has 0 amide bonds. The van der Waals surface area contributed by atoms with E-state index in [9.17, 15) is 9.59 Å². The molecule has 0 N–H and O–H groups in total. The topological polar surface area (TPSA) is 95.8 Å². The minimum atomic E-state index is -0.552. The third kappa shape index (κ3) is 14.2. The quantitative estimate of drug-likeness (QED) is 0.0327. The van der Waals surface area contributed by atoms with Gasteiger partial charge in [-0.05, 0) is 110 Å². The third-order valence-corrected chi connectivity index (χ3v) is 9.05. The maximum atomic E-state index is 13.2. The summed E-state index contributed by atoms with van der Waals surface area (Å²) in [4.78, 5) is 25.9. The minimum absolute atomic E-state index is 0.00819. The fraction of sp³-hybridized carbons (Fsp3) is 0.422. The molecule has 0 radical (unpaired) electrons. The van der Waals surface area contributed by atoms with E-state index in [1.54, 1.807) is 66.7 Å². The van der Waals surface area contributed by atoms with Gasteiger partial charge in [-0.1, -0.05) is 91.2 Å². The van der Waals surface area contributed by atoms with E-state index >= 15 is 0 Å². The Morgan fingerprint density at radius 3 is 1.75 bits per heavy atom. The smallest absolute Gasteiger partial charge is 0.343 e. The van der Waals surface area contributed by atoms with E-state index in [4.69, 9.17) is 18.9 Å². The van der Waals surface area contributed by atoms with Gasteiger partial charge in [0.25, 0.3) is 0 Å². The van der Waals surface area contributed by atoms with Gasteiger partial charge < -0.3 is 18.9 Å². The van der Waals surface area contributed by atoms with Gasteiger partial charge in [-0.3, -0.25) is 0 Å². The molecular weight excluding hydrogens is 665 g/mol. The van der Waals surface area contributed by atoms with Crippen LogP contribution >= 0.6 is 0 Å². The molecular formula is C45H56N2O6. The van der Waals surface area contributed by atoms with Crippen LogP contribution in [0.15, 0.2) is 101 Å². The average Bonchev–Trinajstić information content (AvgIpc) is 3.19. The average molecular weight is 721 g/mol. The van der Waals surface area contributed by atoms with Crippen LogP contribution in [-0.4, -0.2) is 24.6 Å². The molecule has 0 aliphatic carbocycles. The first-order valence-corrected chi connectivity index (χ1v) is 19.5. The molecule has 8 nitrogen and oxygen atoms in total. The Bertz CT molecular complexity index is 1700. The second-order valence-electron chi connectivity index (χ2n) is 13.3. The van der Waals surface area contributed by atoms with E-state index in [2.05, 4.69) is 37.9 Å². The highest BCUT2D eigenvalue weighted by atomic mass is 16.5. The molecule has 0 heterocycles. The van der Waals surface area contributed by atoms with E-state index < -0.39 is 11.9 Å². The second-order valence-corrected chi connectivity index (χ2v) is 13.3. The summed E-state index contributed by atoms with van der Waals surface area (Å²) in [5.41, 5.74) is 3.24. The van der Waals surface area contributed by atoms with Crippen molar-refractivity contribution < 1.29 is 28.5 Å². The van der Waals surface area contributed by atoms with Crippen molar-refractivity contribution in [2.24, 2.45) is 10.2 Å². The first-order valence-electron chi connectivity index (χ1n) is 19.5. The molecule has 4 aromatic carbocycles. The molecule has 0 aliphatic rings. The van der Waals surface area contributed by atoms with Crippen LogP contribution in [0.3, 0.4) is 0 Å². The molecule has 0 fully saturated rings. The van der Waals surface area contributed by atoms with Crippen molar-refractivity contribution in [3.05, 3.63) is 108 Å². The molecule has 0 saturated carbocycles. The van der Waals surface area contributed by atoms with Crippen molar-refractivity contribution in [1.29, 1.82) is 0 Å². The van der Waals surface area contributed by atoms with Crippen molar-refractivity contribution in [1.82, 2.24) is 0 Å². The second kappa shape index (κ2) is 22.8. The van der Waals surface area contributed by atoms with Gasteiger partial charge in [-0.2, -0.15) is 5.11 Å². The molecule has 0 aliphatic heterocycles. The van der Waals surface area contributed by atoms with Gasteiger partial charge in [-0.15, -0.1) is 5.11 Å².